The van der Waals surface area contributed by atoms with Crippen LogP contribution in [0.3, 0.4) is 0 Å². The number of nitrogens with zero attached hydrogens (tertiary/aromatic N) is 4. The van der Waals surface area contributed by atoms with E-state index in [4.69, 9.17) is 8.83 Å². The highest BCUT2D eigenvalue weighted by Gasteiger charge is 2.40. The quantitative estimate of drug-likeness (QED) is 0.0677. The number of rotatable bonds is 18. The summed E-state index contributed by atoms with van der Waals surface area (Å²) in [4.78, 5) is 12.1. The van der Waals surface area contributed by atoms with E-state index in [2.05, 4.69) is 103 Å². The Labute approximate surface area is 296 Å². The zero-order valence-electron chi connectivity index (χ0n) is 29.7. The summed E-state index contributed by atoms with van der Waals surface area (Å²) in [6.07, 6.45) is 14.6. The number of Topliss-reactive ketones (excluding diaryl/α,β-unsaturated/α-hetero) is 1. The topological polar surface area (TPSA) is 94.9 Å². The Balaban J connectivity index is 1.01. The zero-order chi connectivity index (χ0) is 35.1. The average Bonchev–Trinajstić information content (AvgIpc) is 3.89. The first kappa shape index (κ1) is 34.9. The van der Waals surface area contributed by atoms with Crippen LogP contribution in [0.15, 0.2) is 94.8 Å². The molecule has 0 saturated carbocycles. The number of unbranched alkanes of at least 4 members (excludes halogenated alkanes) is 5. The second kappa shape index (κ2) is 15.8. The molecular weight excluding hydrogens is 620 g/mol. The number of allylic oxidation sites excluding steroid dienone is 2. The van der Waals surface area contributed by atoms with Crippen molar-refractivity contribution in [3.05, 3.63) is 108 Å². The number of carbonyl (C=O) groups is 1. The van der Waals surface area contributed by atoms with Crippen LogP contribution in [-0.2, 0) is 16.6 Å². The Bertz CT molecular complexity index is 1940. The van der Waals surface area contributed by atoms with Gasteiger partial charge in [-0.1, -0.05) is 93.6 Å². The van der Waals surface area contributed by atoms with Crippen LogP contribution in [0.2, 0.25) is 0 Å². The minimum atomic E-state index is -0.0440. The van der Waals surface area contributed by atoms with Crippen LogP contribution in [0.4, 0.5) is 0 Å². The Morgan fingerprint density at radius 3 is 1.88 bits per heavy atom. The fraction of sp³-hybridized carbons (Fsp3) is 0.372. The van der Waals surface area contributed by atoms with Gasteiger partial charge in [0.05, 0.1) is 0 Å². The molecule has 0 radical (unpaired) electrons. The number of aromatic nitrogens is 4. The number of benzene rings is 3. The van der Waals surface area contributed by atoms with E-state index in [0.717, 1.165) is 49.7 Å². The van der Waals surface area contributed by atoms with E-state index in [1.54, 1.807) is 12.2 Å². The average molecular weight is 669 g/mol. The minimum absolute atomic E-state index is 0.0440. The lowest BCUT2D eigenvalue weighted by atomic mass is 9.73. The highest BCUT2D eigenvalue weighted by atomic mass is 16.4. The van der Waals surface area contributed by atoms with Crippen molar-refractivity contribution in [2.75, 3.05) is 0 Å². The molecule has 0 unspecified atom stereocenters. The smallest absolute Gasteiger partial charge is 0.306 e. The third kappa shape index (κ3) is 7.32. The molecule has 1 aliphatic carbocycles. The maximum absolute atomic E-state index is 12.1. The Morgan fingerprint density at radius 1 is 0.700 bits per heavy atom. The first-order valence-corrected chi connectivity index (χ1v) is 18.2. The van der Waals surface area contributed by atoms with Gasteiger partial charge in [0.2, 0.25) is 11.8 Å². The van der Waals surface area contributed by atoms with Crippen molar-refractivity contribution in [2.24, 2.45) is 5.92 Å². The van der Waals surface area contributed by atoms with Gasteiger partial charge in [-0.3, -0.25) is 4.79 Å². The first-order chi connectivity index (χ1) is 24.4. The van der Waals surface area contributed by atoms with E-state index in [0.29, 0.717) is 30.4 Å². The van der Waals surface area contributed by atoms with Crippen LogP contribution >= 0.6 is 0 Å². The number of hydrogen-bond acceptors (Lipinski definition) is 7. The second-order valence-corrected chi connectivity index (χ2v) is 13.6. The van der Waals surface area contributed by atoms with Crippen molar-refractivity contribution >= 4 is 5.78 Å². The predicted molar refractivity (Wildman–Crippen MR) is 200 cm³/mol. The summed E-state index contributed by atoms with van der Waals surface area (Å²) < 4.78 is 12.1. The molecule has 6 rings (SSSR count). The first-order valence-electron chi connectivity index (χ1n) is 18.2. The number of ketones is 1. The Hall–Kier alpha value is -4.91. The van der Waals surface area contributed by atoms with E-state index in [9.17, 15) is 4.79 Å². The van der Waals surface area contributed by atoms with E-state index in [1.807, 2.05) is 12.1 Å². The lowest BCUT2D eigenvalue weighted by molar-refractivity contribution is -0.119. The summed E-state index contributed by atoms with van der Waals surface area (Å²) >= 11 is 0. The lowest BCUT2D eigenvalue weighted by Gasteiger charge is -2.30. The van der Waals surface area contributed by atoms with Gasteiger partial charge in [-0.2, -0.15) is 0 Å². The van der Waals surface area contributed by atoms with E-state index < -0.39 is 0 Å². The van der Waals surface area contributed by atoms with E-state index >= 15 is 0 Å². The molecule has 0 bridgehead atoms. The van der Waals surface area contributed by atoms with Gasteiger partial charge < -0.3 is 8.83 Å². The minimum Gasteiger partial charge on any atom is -0.412 e. The molecule has 2 heterocycles. The Kier molecular flexibility index (Phi) is 11.0. The van der Waals surface area contributed by atoms with Gasteiger partial charge in [-0.05, 0) is 91.1 Å². The molecule has 0 atom stereocenters. The standard InChI is InChI=1S/C43H48N4O3/c1-6-30(7-2)27-34(48)17-15-13-11-10-12-14-16-31-19-21-32(22-20-31)39-44-46-41(49-39)42-47-45-40(50-42)33-23-25-36-35-24-18-29(5)26-37(35)43(8-3,9-4)38(36)28-33/h6-7,18-26,28,30H,1-2,8-17,27H2,3-5H3. The highest BCUT2D eigenvalue weighted by molar-refractivity contribution is 5.83. The van der Waals surface area contributed by atoms with Crippen LogP contribution in [0.5, 0.6) is 0 Å². The predicted octanol–water partition coefficient (Wildman–Crippen LogP) is 11.1. The van der Waals surface area contributed by atoms with Crippen molar-refractivity contribution in [3.63, 3.8) is 0 Å². The normalized spacial score (nSPS) is 13.0. The summed E-state index contributed by atoms with van der Waals surface area (Å²) in [5, 5.41) is 17.1. The maximum Gasteiger partial charge on any atom is 0.306 e. The number of fused-ring (bicyclic) bond motifs is 3. The summed E-state index contributed by atoms with van der Waals surface area (Å²) in [6, 6.07) is 21.5. The van der Waals surface area contributed by atoms with Gasteiger partial charge in [0.15, 0.2) is 0 Å². The molecule has 0 fully saturated rings. The molecule has 0 aliphatic heterocycles. The van der Waals surface area contributed by atoms with Crippen LogP contribution in [-0.4, -0.2) is 26.2 Å². The molecular formula is C43H48N4O3. The van der Waals surface area contributed by atoms with Crippen molar-refractivity contribution in [3.8, 4) is 45.8 Å². The van der Waals surface area contributed by atoms with Crippen LogP contribution in [0.25, 0.3) is 45.8 Å². The molecule has 2 aromatic heterocycles. The van der Waals surface area contributed by atoms with Gasteiger partial charge in [0.1, 0.15) is 5.78 Å². The third-order valence-electron chi connectivity index (χ3n) is 10.4. The van der Waals surface area contributed by atoms with Gasteiger partial charge in [0.25, 0.3) is 0 Å². The van der Waals surface area contributed by atoms with Crippen LogP contribution in [0, 0.1) is 12.8 Å². The summed E-state index contributed by atoms with van der Waals surface area (Å²) in [7, 11) is 0. The second-order valence-electron chi connectivity index (χ2n) is 13.6. The molecule has 1 aliphatic rings. The van der Waals surface area contributed by atoms with Crippen molar-refractivity contribution in [1.82, 2.24) is 20.4 Å². The summed E-state index contributed by atoms with van der Waals surface area (Å²) in [6.45, 7) is 14.2. The lowest BCUT2D eigenvalue weighted by Crippen LogP contribution is -2.23. The summed E-state index contributed by atoms with van der Waals surface area (Å²) in [5.41, 5.74) is 9.55. The van der Waals surface area contributed by atoms with Gasteiger partial charge in [-0.25, -0.2) is 0 Å². The third-order valence-corrected chi connectivity index (χ3v) is 10.4. The molecule has 0 saturated heterocycles. The number of aryl methyl sites for hydroxylation is 2. The maximum atomic E-state index is 12.1. The molecule has 7 nitrogen and oxygen atoms in total. The molecule has 5 aromatic rings. The molecule has 0 N–H and O–H groups in total. The van der Waals surface area contributed by atoms with E-state index in [1.165, 1.54) is 52.6 Å². The fourth-order valence-corrected chi connectivity index (χ4v) is 7.41. The Morgan fingerprint density at radius 2 is 1.24 bits per heavy atom. The molecule has 258 valence electrons. The highest BCUT2D eigenvalue weighted by Crippen LogP contribution is 2.53. The largest absolute Gasteiger partial charge is 0.412 e. The molecule has 0 spiro atoms. The van der Waals surface area contributed by atoms with Crippen LogP contribution in [0.1, 0.15) is 100 Å². The van der Waals surface area contributed by atoms with Crippen LogP contribution < -0.4 is 0 Å². The van der Waals surface area contributed by atoms with Crippen molar-refractivity contribution in [1.29, 1.82) is 0 Å². The van der Waals surface area contributed by atoms with Gasteiger partial charge in [-0.15, -0.1) is 33.6 Å². The van der Waals surface area contributed by atoms with Crippen molar-refractivity contribution in [2.45, 2.75) is 96.8 Å². The fourth-order valence-electron chi connectivity index (χ4n) is 7.41. The number of carbonyl (C=O) groups excluding carboxylic acids is 1. The molecule has 3 aromatic carbocycles. The molecule has 0 amide bonds. The summed E-state index contributed by atoms with van der Waals surface area (Å²) in [5.74, 6) is 1.64. The van der Waals surface area contributed by atoms with Gasteiger partial charge in [0, 0.05) is 35.3 Å². The zero-order valence-corrected chi connectivity index (χ0v) is 29.7. The molecule has 7 heteroatoms. The monoisotopic (exact) mass is 668 g/mol. The van der Waals surface area contributed by atoms with Gasteiger partial charge >= 0.3 is 11.8 Å². The number of hydrogen-bond donors (Lipinski definition) is 0. The SMILES string of the molecule is C=CC(C=C)CC(=O)CCCCCCCCc1ccc(-c2nnc(-c3nnc(-c4ccc5c(c4)C(CC)(CC)c4cc(C)ccc4-5)o3)o2)cc1. The van der Waals surface area contributed by atoms with Crippen molar-refractivity contribution < 1.29 is 13.6 Å². The molecule has 50 heavy (non-hydrogen) atoms. The van der Waals surface area contributed by atoms with E-state index in [-0.39, 0.29) is 23.1 Å².